The number of thiazole rings is 1. The molecule has 2 aromatic rings. The Balaban J connectivity index is 1.91. The average molecular weight is 437 g/mol. The fraction of sp³-hybridized carbons (Fsp3) is 0.438. The second kappa shape index (κ2) is 7.86. The standard InChI is InChI=1S/C16H19ClF2N4O2S2/c1-22(2)6-10-3-4-23(7-10)12-5-11(18)16(15(19)14(12)17)27(24,25)21-13-8-26-9-20-13/h5,8-10,21H,3-4,6-7H2,1-2H3/t10-/m0/s1. The van der Waals surface area contributed by atoms with E-state index < -0.39 is 31.6 Å². The molecule has 0 spiro atoms. The second-order valence-electron chi connectivity index (χ2n) is 6.68. The van der Waals surface area contributed by atoms with Crippen LogP contribution in [0.2, 0.25) is 5.02 Å². The Labute approximate surface area is 165 Å². The van der Waals surface area contributed by atoms with Crippen LogP contribution in [0.1, 0.15) is 6.42 Å². The Hall–Kier alpha value is -1.49. The van der Waals surface area contributed by atoms with Gasteiger partial charge in [0.1, 0.15) is 10.8 Å². The molecule has 11 heteroatoms. The van der Waals surface area contributed by atoms with Crippen LogP contribution < -0.4 is 9.62 Å². The van der Waals surface area contributed by atoms with Crippen molar-refractivity contribution in [3.05, 3.63) is 33.6 Å². The Bertz CT molecular complexity index is 923. The average Bonchev–Trinajstić information content (AvgIpc) is 3.21. The predicted molar refractivity (Wildman–Crippen MR) is 103 cm³/mol. The summed E-state index contributed by atoms with van der Waals surface area (Å²) in [6.07, 6.45) is 0.864. The molecule has 148 valence electrons. The SMILES string of the molecule is CN(C)C[C@@H]1CCN(c2cc(F)c(S(=O)(=O)Nc3cscn3)c(F)c2Cl)C1. The van der Waals surface area contributed by atoms with Crippen molar-refractivity contribution in [2.75, 3.05) is 43.4 Å². The fourth-order valence-electron chi connectivity index (χ4n) is 3.21. The first kappa shape index (κ1) is 20.2. The number of hydrogen-bond donors (Lipinski definition) is 1. The third-order valence-electron chi connectivity index (χ3n) is 4.29. The van der Waals surface area contributed by atoms with E-state index in [0.717, 1.165) is 30.4 Å². The lowest BCUT2D eigenvalue weighted by atomic mass is 10.1. The first-order valence-corrected chi connectivity index (χ1v) is 11.0. The summed E-state index contributed by atoms with van der Waals surface area (Å²) in [5, 5.41) is 1.01. The van der Waals surface area contributed by atoms with Crippen LogP contribution in [0, 0.1) is 17.6 Å². The Morgan fingerprint density at radius 2 is 2.19 bits per heavy atom. The topological polar surface area (TPSA) is 65.5 Å². The van der Waals surface area contributed by atoms with Gasteiger partial charge in [-0.3, -0.25) is 4.72 Å². The molecule has 1 aliphatic heterocycles. The van der Waals surface area contributed by atoms with Gasteiger partial charge in [-0.15, -0.1) is 11.3 Å². The van der Waals surface area contributed by atoms with Gasteiger partial charge in [0.2, 0.25) is 0 Å². The minimum absolute atomic E-state index is 0.00920. The summed E-state index contributed by atoms with van der Waals surface area (Å²) in [6.45, 7) is 2.04. The minimum Gasteiger partial charge on any atom is -0.370 e. The predicted octanol–water partition coefficient (Wildman–Crippen LogP) is 3.26. The highest BCUT2D eigenvalue weighted by Gasteiger charge is 2.32. The largest absolute Gasteiger partial charge is 0.370 e. The van der Waals surface area contributed by atoms with Gasteiger partial charge in [0, 0.05) is 31.1 Å². The molecule has 1 aliphatic rings. The quantitative estimate of drug-likeness (QED) is 0.704. The lowest BCUT2D eigenvalue weighted by molar-refractivity contribution is 0.340. The third kappa shape index (κ3) is 4.34. The molecule has 0 aliphatic carbocycles. The zero-order valence-electron chi connectivity index (χ0n) is 14.7. The van der Waals surface area contributed by atoms with E-state index in [1.54, 1.807) is 4.90 Å². The van der Waals surface area contributed by atoms with Crippen LogP contribution in [-0.2, 0) is 10.0 Å². The highest BCUT2D eigenvalue weighted by atomic mass is 35.5. The molecule has 2 heterocycles. The van der Waals surface area contributed by atoms with Crippen molar-refractivity contribution in [1.29, 1.82) is 0 Å². The van der Waals surface area contributed by atoms with Gasteiger partial charge in [0.25, 0.3) is 10.0 Å². The van der Waals surface area contributed by atoms with E-state index in [1.807, 2.05) is 14.1 Å². The lowest BCUT2D eigenvalue weighted by Gasteiger charge is -2.22. The Kier molecular flexibility index (Phi) is 5.90. The molecule has 1 saturated heterocycles. The molecule has 3 rings (SSSR count). The summed E-state index contributed by atoms with van der Waals surface area (Å²) in [5.74, 6) is -2.15. The van der Waals surface area contributed by atoms with E-state index in [9.17, 15) is 17.2 Å². The first-order chi connectivity index (χ1) is 12.7. The molecule has 0 saturated carbocycles. The third-order valence-corrected chi connectivity index (χ3v) is 6.62. The number of aromatic nitrogens is 1. The molecular weight excluding hydrogens is 418 g/mol. The van der Waals surface area contributed by atoms with E-state index in [0.29, 0.717) is 19.0 Å². The number of nitrogens with one attached hydrogen (secondary N) is 1. The molecule has 1 N–H and O–H groups in total. The minimum atomic E-state index is -4.50. The van der Waals surface area contributed by atoms with Gasteiger partial charge in [0.15, 0.2) is 16.5 Å². The lowest BCUT2D eigenvalue weighted by Crippen LogP contribution is -2.26. The molecule has 1 fully saturated rings. The molecule has 0 bridgehead atoms. The highest BCUT2D eigenvalue weighted by molar-refractivity contribution is 7.92. The first-order valence-electron chi connectivity index (χ1n) is 8.17. The highest BCUT2D eigenvalue weighted by Crippen LogP contribution is 2.37. The van der Waals surface area contributed by atoms with Crippen molar-refractivity contribution < 1.29 is 17.2 Å². The fourth-order valence-corrected chi connectivity index (χ4v) is 5.24. The molecule has 0 amide bonds. The number of hydrogen-bond acceptors (Lipinski definition) is 6. The van der Waals surface area contributed by atoms with E-state index >= 15 is 0 Å². The summed E-state index contributed by atoms with van der Waals surface area (Å²) < 4.78 is 56.2. The van der Waals surface area contributed by atoms with Crippen LogP contribution >= 0.6 is 22.9 Å². The van der Waals surface area contributed by atoms with E-state index in [2.05, 4.69) is 14.6 Å². The van der Waals surface area contributed by atoms with Gasteiger partial charge in [-0.25, -0.2) is 22.2 Å². The molecule has 0 radical (unpaired) electrons. The van der Waals surface area contributed by atoms with Gasteiger partial charge >= 0.3 is 0 Å². The molecule has 1 atom stereocenters. The normalized spacial score (nSPS) is 17.7. The number of anilines is 2. The molecule has 0 unspecified atom stereocenters. The van der Waals surface area contributed by atoms with Gasteiger partial charge in [-0.2, -0.15) is 0 Å². The summed E-state index contributed by atoms with van der Waals surface area (Å²) in [6, 6.07) is 0.985. The van der Waals surface area contributed by atoms with Crippen LogP contribution in [0.15, 0.2) is 21.9 Å². The number of halogens is 3. The number of benzene rings is 1. The summed E-state index contributed by atoms with van der Waals surface area (Å²) in [7, 11) is -0.575. The zero-order chi connectivity index (χ0) is 19.8. The van der Waals surface area contributed by atoms with Crippen molar-refractivity contribution >= 4 is 44.5 Å². The maximum Gasteiger partial charge on any atom is 0.268 e. The van der Waals surface area contributed by atoms with E-state index in [1.165, 1.54) is 10.9 Å². The van der Waals surface area contributed by atoms with E-state index in [-0.39, 0.29) is 11.5 Å². The smallest absolute Gasteiger partial charge is 0.268 e. The summed E-state index contributed by atoms with van der Waals surface area (Å²) in [4.78, 5) is 6.49. The van der Waals surface area contributed by atoms with Gasteiger partial charge in [0.05, 0.1) is 11.2 Å². The van der Waals surface area contributed by atoms with Gasteiger partial charge in [-0.05, 0) is 26.4 Å². The Morgan fingerprint density at radius 1 is 1.44 bits per heavy atom. The van der Waals surface area contributed by atoms with Crippen molar-refractivity contribution in [2.24, 2.45) is 5.92 Å². The van der Waals surface area contributed by atoms with Crippen LogP contribution in [0.25, 0.3) is 0 Å². The molecular formula is C16H19ClF2N4O2S2. The van der Waals surface area contributed by atoms with Crippen LogP contribution in [0.5, 0.6) is 0 Å². The van der Waals surface area contributed by atoms with Gasteiger partial charge in [-0.1, -0.05) is 11.6 Å². The molecule has 6 nitrogen and oxygen atoms in total. The van der Waals surface area contributed by atoms with Gasteiger partial charge < -0.3 is 9.80 Å². The molecule has 1 aromatic heterocycles. The maximum absolute atomic E-state index is 14.8. The number of rotatable bonds is 6. The summed E-state index contributed by atoms with van der Waals surface area (Å²) in [5.41, 5.74) is 1.57. The van der Waals surface area contributed by atoms with Crippen LogP contribution in [-0.4, -0.2) is 52.0 Å². The molecule has 1 aromatic carbocycles. The summed E-state index contributed by atoms with van der Waals surface area (Å²) >= 11 is 7.24. The van der Waals surface area contributed by atoms with Crippen LogP contribution in [0.4, 0.5) is 20.3 Å². The number of nitrogens with zero attached hydrogens (tertiary/aromatic N) is 3. The number of sulfonamides is 1. The second-order valence-corrected chi connectivity index (χ2v) is 9.39. The monoisotopic (exact) mass is 436 g/mol. The maximum atomic E-state index is 14.8. The van der Waals surface area contributed by atoms with E-state index in [4.69, 9.17) is 11.6 Å². The molecule has 27 heavy (non-hydrogen) atoms. The zero-order valence-corrected chi connectivity index (χ0v) is 17.1. The van der Waals surface area contributed by atoms with Crippen LogP contribution in [0.3, 0.4) is 0 Å². The Morgan fingerprint density at radius 3 is 2.81 bits per heavy atom. The van der Waals surface area contributed by atoms with Crippen molar-refractivity contribution in [3.8, 4) is 0 Å². The van der Waals surface area contributed by atoms with Crippen molar-refractivity contribution in [2.45, 2.75) is 11.3 Å². The van der Waals surface area contributed by atoms with Crippen molar-refractivity contribution in [1.82, 2.24) is 9.88 Å². The van der Waals surface area contributed by atoms with Crippen molar-refractivity contribution in [3.63, 3.8) is 0 Å².